The van der Waals surface area contributed by atoms with E-state index in [1.807, 2.05) is 6.92 Å². The number of hydrogen-bond acceptors (Lipinski definition) is 6. The number of rotatable bonds is 8. The highest BCUT2D eigenvalue weighted by molar-refractivity contribution is 7.52. The Bertz CT molecular complexity index is 1740. The summed E-state index contributed by atoms with van der Waals surface area (Å²) in [7, 11) is -4.19. The average Bonchev–Trinajstić information content (AvgIpc) is 3.64. The number of H-pyrrole nitrogens is 1. The first-order chi connectivity index (χ1) is 22.1. The van der Waals surface area contributed by atoms with Gasteiger partial charge >= 0.3 is 13.3 Å². The van der Waals surface area contributed by atoms with Crippen LogP contribution in [0.2, 0.25) is 0 Å². The second-order valence-corrected chi connectivity index (χ2v) is 13.3. The summed E-state index contributed by atoms with van der Waals surface area (Å²) in [6, 6.07) is 8.68. The van der Waals surface area contributed by atoms with E-state index in [1.54, 1.807) is 31.3 Å². The molecule has 0 aliphatic carbocycles. The lowest BCUT2D eigenvalue weighted by Gasteiger charge is -2.39. The first kappa shape index (κ1) is 34.0. The normalized spacial score (nSPS) is 20.4. The van der Waals surface area contributed by atoms with Gasteiger partial charge in [0.2, 0.25) is 17.7 Å². The molecule has 4 amide bonds. The molecule has 2 fully saturated rings. The van der Waals surface area contributed by atoms with E-state index in [4.69, 9.17) is 14.5 Å². The number of fused-ring (bicyclic) bond motifs is 2. The van der Waals surface area contributed by atoms with Crippen molar-refractivity contribution in [3.63, 3.8) is 0 Å². The van der Waals surface area contributed by atoms with Crippen molar-refractivity contribution in [1.29, 1.82) is 0 Å². The van der Waals surface area contributed by atoms with Gasteiger partial charge in [0.1, 0.15) is 23.5 Å². The molecule has 3 aromatic rings. The molecule has 0 radical (unpaired) electrons. The Morgan fingerprint density at radius 3 is 2.45 bits per heavy atom. The zero-order chi connectivity index (χ0) is 34.3. The standard InChI is InChI=1S/C31H36F2N5O8P/c1-4-46-23-9-6-21(7-10-23)36(3)30(42)27-12-8-22-13-14-37(18(2)39)17-26(29(41)38(22)27)35-28(40)25-16-19-15-20(5-11-24(19)34-25)31(32,33)47(43,44)45/h5-7,9-11,15-16,22,26-27,34H,4,8,12-14,17H2,1-3H3,(H,35,40)(H2,43,44,45)/t22-,26+,27+/m1/s1. The van der Waals surface area contributed by atoms with Crippen LogP contribution in [-0.4, -0.2) is 93.1 Å². The summed E-state index contributed by atoms with van der Waals surface area (Å²) in [4.78, 5) is 79.2. The molecule has 2 aromatic carbocycles. The minimum absolute atomic E-state index is 0.0812. The molecule has 0 bridgehead atoms. The Labute approximate surface area is 269 Å². The highest BCUT2D eigenvalue weighted by atomic mass is 31.2. The van der Waals surface area contributed by atoms with E-state index < -0.39 is 42.7 Å². The number of hydrogen-bond donors (Lipinski definition) is 4. The van der Waals surface area contributed by atoms with E-state index in [2.05, 4.69) is 10.3 Å². The number of amides is 4. The molecule has 2 aliphatic heterocycles. The molecule has 0 unspecified atom stereocenters. The van der Waals surface area contributed by atoms with E-state index in [1.165, 1.54) is 27.7 Å². The lowest BCUT2D eigenvalue weighted by molar-refractivity contribution is -0.144. The van der Waals surface area contributed by atoms with Crippen LogP contribution in [0, 0.1) is 0 Å². The quantitative estimate of drug-likeness (QED) is 0.264. The monoisotopic (exact) mass is 675 g/mol. The van der Waals surface area contributed by atoms with Crippen LogP contribution in [0.15, 0.2) is 48.5 Å². The van der Waals surface area contributed by atoms with E-state index in [9.17, 15) is 32.5 Å². The Morgan fingerprint density at radius 1 is 1.11 bits per heavy atom. The molecule has 13 nitrogen and oxygen atoms in total. The smallest absolute Gasteiger partial charge is 0.399 e. The summed E-state index contributed by atoms with van der Waals surface area (Å²) < 4.78 is 45.4. The fourth-order valence-corrected chi connectivity index (χ4v) is 6.62. The number of nitrogens with one attached hydrogen (secondary N) is 2. The van der Waals surface area contributed by atoms with Crippen LogP contribution < -0.4 is 15.0 Å². The second-order valence-electron chi connectivity index (χ2n) is 11.7. The number of carbonyl (C=O) groups excluding carboxylic acids is 4. The van der Waals surface area contributed by atoms with Crippen molar-refractivity contribution in [2.45, 2.75) is 56.9 Å². The van der Waals surface area contributed by atoms with Crippen LogP contribution in [0.25, 0.3) is 10.9 Å². The molecule has 5 rings (SSSR count). The molecular weight excluding hydrogens is 639 g/mol. The zero-order valence-corrected chi connectivity index (χ0v) is 26.9. The largest absolute Gasteiger partial charge is 0.494 e. The number of halogens is 2. The van der Waals surface area contributed by atoms with Gasteiger partial charge in [0.05, 0.1) is 6.61 Å². The van der Waals surface area contributed by atoms with Crippen LogP contribution in [-0.2, 0) is 24.6 Å². The van der Waals surface area contributed by atoms with Crippen LogP contribution in [0.5, 0.6) is 5.75 Å². The van der Waals surface area contributed by atoms with Crippen molar-refractivity contribution < 1.29 is 47.0 Å². The van der Waals surface area contributed by atoms with Crippen molar-refractivity contribution >= 4 is 47.8 Å². The maximum Gasteiger partial charge on any atom is 0.399 e. The van der Waals surface area contributed by atoms with Crippen molar-refractivity contribution in [2.24, 2.45) is 0 Å². The number of anilines is 1. The molecule has 0 spiro atoms. The third kappa shape index (κ3) is 6.74. The molecule has 0 saturated carbocycles. The second kappa shape index (κ2) is 13.1. The molecule has 2 aliphatic rings. The fraction of sp³-hybridized carbons (Fsp3) is 0.419. The molecule has 252 valence electrons. The number of likely N-dealkylation sites (N-methyl/N-ethyl adjacent to an activating group) is 1. The van der Waals surface area contributed by atoms with Gasteiger partial charge in [0, 0.05) is 55.3 Å². The number of alkyl halides is 2. The molecule has 3 atom stereocenters. The summed E-state index contributed by atoms with van der Waals surface area (Å²) in [6.45, 7) is 3.86. The number of aromatic amines is 1. The van der Waals surface area contributed by atoms with E-state index in [0.29, 0.717) is 43.9 Å². The van der Waals surface area contributed by atoms with Crippen molar-refractivity contribution in [2.75, 3.05) is 31.6 Å². The van der Waals surface area contributed by atoms with E-state index in [-0.39, 0.29) is 41.0 Å². The molecular formula is C31H36F2N5O8P. The SMILES string of the molecule is CCOc1ccc(N(C)C(=O)[C@@H]2CC[C@@H]3CCN(C(C)=O)C[C@H](NC(=O)c4cc5cc(C(F)(F)P(=O)(O)O)ccc5[nH]4)C(=O)N32)cc1. The van der Waals surface area contributed by atoms with Crippen LogP contribution in [0.3, 0.4) is 0 Å². The fourth-order valence-electron chi connectivity index (χ4n) is 6.14. The first-order valence-corrected chi connectivity index (χ1v) is 16.7. The van der Waals surface area contributed by atoms with Gasteiger partial charge in [-0.3, -0.25) is 23.7 Å². The van der Waals surface area contributed by atoms with Crippen molar-refractivity contribution in [3.05, 3.63) is 59.8 Å². The predicted molar refractivity (Wildman–Crippen MR) is 167 cm³/mol. The highest BCUT2D eigenvalue weighted by Crippen LogP contribution is 2.59. The third-order valence-electron chi connectivity index (χ3n) is 8.67. The number of carbonyl (C=O) groups is 4. The summed E-state index contributed by atoms with van der Waals surface area (Å²) in [6.07, 6.45) is 1.36. The topological polar surface area (TPSA) is 173 Å². The van der Waals surface area contributed by atoms with Crippen molar-refractivity contribution in [3.8, 4) is 5.75 Å². The van der Waals surface area contributed by atoms with Gasteiger partial charge in [-0.05, 0) is 68.7 Å². The van der Waals surface area contributed by atoms with Crippen LogP contribution >= 0.6 is 7.60 Å². The summed E-state index contributed by atoms with van der Waals surface area (Å²) in [5, 5.41) is 2.73. The minimum atomic E-state index is -5.81. The summed E-state index contributed by atoms with van der Waals surface area (Å²) >= 11 is 0. The zero-order valence-electron chi connectivity index (χ0n) is 26.0. The Kier molecular flexibility index (Phi) is 9.45. The van der Waals surface area contributed by atoms with Gasteiger partial charge in [0.25, 0.3) is 5.91 Å². The Morgan fingerprint density at radius 2 is 1.81 bits per heavy atom. The number of nitrogens with zero attached hydrogens (tertiary/aromatic N) is 3. The van der Waals surface area contributed by atoms with E-state index >= 15 is 0 Å². The molecule has 3 heterocycles. The van der Waals surface area contributed by atoms with Crippen LogP contribution in [0.4, 0.5) is 14.5 Å². The van der Waals surface area contributed by atoms with Gasteiger partial charge in [-0.15, -0.1) is 0 Å². The number of ether oxygens (including phenoxy) is 1. The molecule has 16 heteroatoms. The lowest BCUT2D eigenvalue weighted by Crippen LogP contribution is -2.61. The number of aromatic nitrogens is 1. The molecule has 4 N–H and O–H groups in total. The summed E-state index contributed by atoms with van der Waals surface area (Å²) in [5.41, 5.74) is -4.64. The first-order valence-electron chi connectivity index (χ1n) is 15.1. The maximum atomic E-state index is 14.3. The van der Waals surface area contributed by atoms with Crippen molar-refractivity contribution in [1.82, 2.24) is 20.1 Å². The Hall–Kier alpha value is -4.33. The van der Waals surface area contributed by atoms with Crippen LogP contribution in [0.1, 0.15) is 49.2 Å². The minimum Gasteiger partial charge on any atom is -0.494 e. The predicted octanol–water partition coefficient (Wildman–Crippen LogP) is 3.17. The highest BCUT2D eigenvalue weighted by Gasteiger charge is 2.50. The number of benzene rings is 2. The molecule has 47 heavy (non-hydrogen) atoms. The van der Waals surface area contributed by atoms with Gasteiger partial charge in [-0.2, -0.15) is 8.78 Å². The molecule has 2 saturated heterocycles. The van der Waals surface area contributed by atoms with E-state index in [0.717, 1.165) is 18.2 Å². The summed E-state index contributed by atoms with van der Waals surface area (Å²) in [5.74, 6) is -1.27. The van der Waals surface area contributed by atoms with Gasteiger partial charge in [0.15, 0.2) is 0 Å². The van der Waals surface area contributed by atoms with Gasteiger partial charge < -0.3 is 39.5 Å². The average molecular weight is 676 g/mol. The third-order valence-corrected chi connectivity index (χ3v) is 9.66. The maximum absolute atomic E-state index is 14.3. The van der Waals surface area contributed by atoms with Gasteiger partial charge in [-0.25, -0.2) is 0 Å². The Balaban J connectivity index is 1.39. The van der Waals surface area contributed by atoms with Gasteiger partial charge in [-0.1, -0.05) is 6.07 Å². The molecule has 1 aromatic heterocycles. The lowest BCUT2D eigenvalue weighted by atomic mass is 10.1.